The molecule has 1 saturated heterocycles. The van der Waals surface area contributed by atoms with Gasteiger partial charge in [0.05, 0.1) is 28.7 Å². The first kappa shape index (κ1) is 19.8. The van der Waals surface area contributed by atoms with Gasteiger partial charge in [0.25, 0.3) is 0 Å². The highest BCUT2D eigenvalue weighted by Gasteiger charge is 2.21. The molecular weight excluding hydrogens is 416 g/mol. The third kappa shape index (κ3) is 4.62. The Bertz CT molecular complexity index is 1050. The van der Waals surface area contributed by atoms with Gasteiger partial charge in [-0.25, -0.2) is 19.9 Å². The third-order valence-corrected chi connectivity index (χ3v) is 6.15. The molecule has 5 rings (SSSR count). The van der Waals surface area contributed by atoms with Crippen LogP contribution in [-0.2, 0) is 4.79 Å². The largest absolute Gasteiger partial charge is 0.460 e. The molecule has 1 saturated carbocycles. The van der Waals surface area contributed by atoms with Crippen molar-refractivity contribution in [1.82, 2.24) is 30.2 Å². The summed E-state index contributed by atoms with van der Waals surface area (Å²) in [7, 11) is 0. The van der Waals surface area contributed by atoms with Crippen molar-refractivity contribution in [2.45, 2.75) is 31.8 Å². The smallest absolute Gasteiger partial charge is 0.317 e. The molecule has 2 N–H and O–H groups in total. The lowest BCUT2D eigenvalue weighted by molar-refractivity contribution is -0.118. The van der Waals surface area contributed by atoms with E-state index < -0.39 is 0 Å². The lowest BCUT2D eigenvalue weighted by atomic mass is 9.96. The van der Waals surface area contributed by atoms with Crippen molar-refractivity contribution in [3.8, 4) is 16.6 Å². The van der Waals surface area contributed by atoms with Crippen LogP contribution in [0.3, 0.4) is 0 Å². The molecule has 0 atom stereocenters. The van der Waals surface area contributed by atoms with Crippen LogP contribution in [-0.4, -0.2) is 56.6 Å². The zero-order valence-corrected chi connectivity index (χ0v) is 17.6. The fourth-order valence-electron chi connectivity index (χ4n) is 3.29. The van der Waals surface area contributed by atoms with Crippen molar-refractivity contribution in [1.29, 1.82) is 0 Å². The van der Waals surface area contributed by atoms with Gasteiger partial charge in [-0.3, -0.25) is 4.79 Å². The first-order valence-electron chi connectivity index (χ1n) is 10.3. The van der Waals surface area contributed by atoms with Gasteiger partial charge < -0.3 is 20.3 Å². The number of hydrogen-bond acceptors (Lipinski definition) is 10. The molecule has 3 aromatic heterocycles. The first-order chi connectivity index (χ1) is 15.2. The Kier molecular flexibility index (Phi) is 5.67. The van der Waals surface area contributed by atoms with Crippen molar-refractivity contribution in [2.75, 3.05) is 29.9 Å². The predicted molar refractivity (Wildman–Crippen MR) is 117 cm³/mol. The molecule has 11 heteroatoms. The second kappa shape index (κ2) is 8.90. The molecule has 2 fully saturated rings. The third-order valence-electron chi connectivity index (χ3n) is 5.21. The van der Waals surface area contributed by atoms with E-state index in [0.717, 1.165) is 30.0 Å². The molecule has 1 aliphatic carbocycles. The number of carbonyl (C=O) groups excluding carboxylic acids is 1. The van der Waals surface area contributed by atoms with Gasteiger partial charge in [0, 0.05) is 38.4 Å². The number of anilines is 3. The van der Waals surface area contributed by atoms with E-state index in [0.29, 0.717) is 42.3 Å². The maximum atomic E-state index is 12.2. The molecule has 0 radical (unpaired) electrons. The monoisotopic (exact) mass is 438 g/mol. The van der Waals surface area contributed by atoms with Gasteiger partial charge in [0.15, 0.2) is 5.13 Å². The van der Waals surface area contributed by atoms with E-state index in [2.05, 4.69) is 35.6 Å². The molecule has 0 spiro atoms. The number of carbonyl (C=O) groups is 1. The van der Waals surface area contributed by atoms with E-state index in [1.165, 1.54) is 17.8 Å². The Labute approximate surface area is 183 Å². The second-order valence-corrected chi connectivity index (χ2v) is 8.39. The highest BCUT2D eigenvalue weighted by atomic mass is 32.1. The summed E-state index contributed by atoms with van der Waals surface area (Å²) in [4.78, 5) is 36.6. The van der Waals surface area contributed by atoms with Crippen molar-refractivity contribution in [2.24, 2.45) is 0 Å². The highest BCUT2D eigenvalue weighted by Crippen LogP contribution is 2.30. The van der Waals surface area contributed by atoms with Crippen molar-refractivity contribution in [3.05, 3.63) is 30.9 Å². The van der Waals surface area contributed by atoms with Crippen LogP contribution >= 0.6 is 11.3 Å². The average molecular weight is 439 g/mol. The number of amides is 1. The normalized spacial score (nSPS) is 17.2. The summed E-state index contributed by atoms with van der Waals surface area (Å²) in [6.07, 6.45) is 10.8. The summed E-state index contributed by atoms with van der Waals surface area (Å²) in [6, 6.07) is 2.24. The molecular formula is C20H22N8O2S. The summed E-state index contributed by atoms with van der Waals surface area (Å²) in [5.74, 6) is 0.492. The van der Waals surface area contributed by atoms with Crippen LogP contribution in [0.5, 0.6) is 6.01 Å². The van der Waals surface area contributed by atoms with E-state index in [-0.39, 0.29) is 12.0 Å². The number of aromatic nitrogens is 5. The van der Waals surface area contributed by atoms with Crippen LogP contribution < -0.4 is 20.3 Å². The number of rotatable bonds is 6. The fourth-order valence-corrected chi connectivity index (χ4v) is 4.07. The van der Waals surface area contributed by atoms with Crippen molar-refractivity contribution in [3.63, 3.8) is 0 Å². The van der Waals surface area contributed by atoms with Crippen LogP contribution in [0.2, 0.25) is 0 Å². The molecule has 1 aliphatic heterocycles. The van der Waals surface area contributed by atoms with E-state index in [4.69, 9.17) is 4.74 Å². The lowest BCUT2D eigenvalue weighted by Crippen LogP contribution is -2.32. The van der Waals surface area contributed by atoms with Crippen LogP contribution in [0.1, 0.15) is 25.7 Å². The van der Waals surface area contributed by atoms with Gasteiger partial charge in [-0.2, -0.15) is 4.98 Å². The van der Waals surface area contributed by atoms with Gasteiger partial charge in [-0.1, -0.05) is 11.3 Å². The number of ether oxygens (including phenoxy) is 1. The zero-order chi connectivity index (χ0) is 21.0. The zero-order valence-electron chi connectivity index (χ0n) is 16.8. The number of thiazole rings is 1. The summed E-state index contributed by atoms with van der Waals surface area (Å²) in [5.41, 5.74) is 1.46. The summed E-state index contributed by atoms with van der Waals surface area (Å²) >= 11 is 1.44. The Morgan fingerprint density at radius 2 is 2.00 bits per heavy atom. The Balaban J connectivity index is 1.25. The topological polar surface area (TPSA) is 118 Å². The van der Waals surface area contributed by atoms with E-state index >= 15 is 0 Å². The lowest BCUT2D eigenvalue weighted by Gasteiger charge is -2.24. The minimum absolute atomic E-state index is 0.0735. The molecule has 160 valence electrons. The molecule has 2 aliphatic rings. The fraction of sp³-hybridized carbons (Fsp3) is 0.400. The van der Waals surface area contributed by atoms with Crippen LogP contribution in [0.4, 0.5) is 16.8 Å². The highest BCUT2D eigenvalue weighted by molar-refractivity contribution is 7.18. The number of nitrogens with zero attached hydrogens (tertiary/aromatic N) is 6. The Hall–Kier alpha value is -3.18. The van der Waals surface area contributed by atoms with Crippen LogP contribution in [0, 0.1) is 0 Å². The molecule has 0 bridgehead atoms. The maximum Gasteiger partial charge on any atom is 0.317 e. The predicted octanol–water partition coefficient (Wildman–Crippen LogP) is 2.39. The molecule has 31 heavy (non-hydrogen) atoms. The summed E-state index contributed by atoms with van der Waals surface area (Å²) in [6.45, 7) is 2.06. The standard InChI is InChI=1S/C20H22N8O2S/c29-17-5-6-21-8-9-28(17)13-10-23-18(24-11-13)27-20-25-12-16(31-20)15-4-7-22-19(26-15)30-14-2-1-3-14/h4,7,10-12,14,21H,1-3,5-6,8-9H2,(H,23,24,25,27). The summed E-state index contributed by atoms with van der Waals surface area (Å²) in [5, 5.41) is 6.97. The Morgan fingerprint density at radius 3 is 2.81 bits per heavy atom. The molecule has 4 heterocycles. The van der Waals surface area contributed by atoms with Gasteiger partial charge in [0.1, 0.15) is 6.10 Å². The minimum Gasteiger partial charge on any atom is -0.460 e. The van der Waals surface area contributed by atoms with E-state index in [1.54, 1.807) is 29.7 Å². The van der Waals surface area contributed by atoms with Crippen molar-refractivity contribution >= 4 is 34.0 Å². The van der Waals surface area contributed by atoms with E-state index in [9.17, 15) is 4.79 Å². The average Bonchev–Trinajstić information content (AvgIpc) is 3.12. The van der Waals surface area contributed by atoms with Crippen LogP contribution in [0.25, 0.3) is 10.6 Å². The van der Waals surface area contributed by atoms with Crippen molar-refractivity contribution < 1.29 is 9.53 Å². The van der Waals surface area contributed by atoms with Gasteiger partial charge in [-0.15, -0.1) is 0 Å². The Morgan fingerprint density at radius 1 is 1.13 bits per heavy atom. The second-order valence-electron chi connectivity index (χ2n) is 7.36. The molecule has 0 aromatic carbocycles. The van der Waals surface area contributed by atoms with Gasteiger partial charge >= 0.3 is 6.01 Å². The number of nitrogens with one attached hydrogen (secondary N) is 2. The SMILES string of the molecule is O=C1CCNCCN1c1cnc(Nc2ncc(-c3ccnc(OC4CCC4)n3)s2)nc1. The molecule has 10 nitrogen and oxygen atoms in total. The molecule has 0 unspecified atom stereocenters. The molecule has 1 amide bonds. The first-order valence-corrected chi connectivity index (χ1v) is 11.1. The number of hydrogen-bond donors (Lipinski definition) is 2. The van der Waals surface area contributed by atoms with E-state index in [1.807, 2.05) is 6.07 Å². The van der Waals surface area contributed by atoms with Crippen LogP contribution in [0.15, 0.2) is 30.9 Å². The summed E-state index contributed by atoms with van der Waals surface area (Å²) < 4.78 is 5.79. The molecule has 3 aromatic rings. The van der Waals surface area contributed by atoms with Gasteiger partial charge in [0.2, 0.25) is 11.9 Å². The quantitative estimate of drug-likeness (QED) is 0.598. The maximum absolute atomic E-state index is 12.2. The van der Waals surface area contributed by atoms with Gasteiger partial charge in [-0.05, 0) is 25.3 Å². The minimum atomic E-state index is 0.0735.